The van der Waals surface area contributed by atoms with E-state index in [-0.39, 0.29) is 11.9 Å². The summed E-state index contributed by atoms with van der Waals surface area (Å²) in [6.07, 6.45) is 0. The van der Waals surface area contributed by atoms with Crippen LogP contribution in [0.4, 0.5) is 10.1 Å². The van der Waals surface area contributed by atoms with E-state index in [9.17, 15) is 9.18 Å². The Hall–Kier alpha value is -1.91. The zero-order valence-electron chi connectivity index (χ0n) is 7.62. The predicted octanol–water partition coefficient (Wildman–Crippen LogP) is 1.07. The lowest BCUT2D eigenvalue weighted by molar-refractivity contribution is -0.115. The second-order valence-corrected chi connectivity index (χ2v) is 2.72. The molecule has 14 heavy (non-hydrogen) atoms. The lowest BCUT2D eigenvalue weighted by Gasteiger charge is -2.18. The number of benzene rings is 1. The number of hydrogen-bond donors (Lipinski definition) is 2. The van der Waals surface area contributed by atoms with E-state index in [1.807, 2.05) is 0 Å². The number of nitrogens with zero attached hydrogens (tertiary/aromatic N) is 1. The van der Waals surface area contributed by atoms with E-state index in [4.69, 9.17) is 11.1 Å². The number of anilines is 1. The molecule has 0 saturated heterocycles. The van der Waals surface area contributed by atoms with Crippen molar-refractivity contribution in [2.75, 3.05) is 4.90 Å². The number of guanidine groups is 1. The summed E-state index contributed by atoms with van der Waals surface area (Å²) in [7, 11) is 0. The van der Waals surface area contributed by atoms with Gasteiger partial charge < -0.3 is 5.73 Å². The van der Waals surface area contributed by atoms with Gasteiger partial charge in [-0.3, -0.25) is 15.1 Å². The van der Waals surface area contributed by atoms with Gasteiger partial charge in [-0.1, -0.05) is 0 Å². The van der Waals surface area contributed by atoms with Crippen LogP contribution in [0.3, 0.4) is 0 Å². The van der Waals surface area contributed by atoms with Crippen molar-refractivity contribution in [2.24, 2.45) is 5.73 Å². The highest BCUT2D eigenvalue weighted by Crippen LogP contribution is 2.14. The van der Waals surface area contributed by atoms with Gasteiger partial charge in [0.25, 0.3) is 0 Å². The van der Waals surface area contributed by atoms with E-state index in [2.05, 4.69) is 0 Å². The van der Waals surface area contributed by atoms with Crippen LogP contribution in [0.15, 0.2) is 24.3 Å². The fraction of sp³-hybridized carbons (Fsp3) is 0.111. The van der Waals surface area contributed by atoms with Crippen molar-refractivity contribution >= 4 is 17.6 Å². The molecule has 1 aromatic carbocycles. The van der Waals surface area contributed by atoms with Crippen LogP contribution in [0, 0.1) is 11.2 Å². The molecular formula is C9H10FN3O. The molecule has 0 spiro atoms. The Morgan fingerprint density at radius 1 is 1.43 bits per heavy atom. The monoisotopic (exact) mass is 195 g/mol. The molecule has 3 N–H and O–H groups in total. The van der Waals surface area contributed by atoms with Crippen molar-refractivity contribution in [1.82, 2.24) is 0 Å². The van der Waals surface area contributed by atoms with Crippen molar-refractivity contribution < 1.29 is 9.18 Å². The van der Waals surface area contributed by atoms with Crippen LogP contribution in [-0.2, 0) is 4.79 Å². The standard InChI is InChI=1S/C9H10FN3O/c1-6(14)13(9(11)12)8-4-2-7(10)3-5-8/h2-5H,1H3,(H3,11,12). The average Bonchev–Trinajstić information content (AvgIpc) is 2.07. The third kappa shape index (κ3) is 2.07. The van der Waals surface area contributed by atoms with Crippen molar-refractivity contribution in [3.63, 3.8) is 0 Å². The maximum Gasteiger partial charge on any atom is 0.230 e. The molecular weight excluding hydrogens is 185 g/mol. The molecule has 0 saturated carbocycles. The molecule has 1 aromatic rings. The van der Waals surface area contributed by atoms with Crippen molar-refractivity contribution in [2.45, 2.75) is 6.92 Å². The summed E-state index contributed by atoms with van der Waals surface area (Å²) in [6, 6.07) is 5.18. The summed E-state index contributed by atoms with van der Waals surface area (Å²) in [5.74, 6) is -1.17. The molecule has 0 atom stereocenters. The minimum Gasteiger partial charge on any atom is -0.369 e. The van der Waals surface area contributed by atoms with Crippen molar-refractivity contribution in [1.29, 1.82) is 5.41 Å². The summed E-state index contributed by atoms with van der Waals surface area (Å²) in [4.78, 5) is 12.1. The zero-order valence-corrected chi connectivity index (χ0v) is 7.62. The first-order chi connectivity index (χ1) is 6.52. The van der Waals surface area contributed by atoms with Crippen LogP contribution in [0.5, 0.6) is 0 Å². The summed E-state index contributed by atoms with van der Waals surface area (Å²) < 4.78 is 12.6. The number of carbonyl (C=O) groups is 1. The third-order valence-corrected chi connectivity index (χ3v) is 1.64. The lowest BCUT2D eigenvalue weighted by atomic mass is 10.3. The Morgan fingerprint density at radius 2 is 1.93 bits per heavy atom. The maximum atomic E-state index is 12.6. The minimum absolute atomic E-state index is 0.381. The number of hydrogen-bond acceptors (Lipinski definition) is 2. The normalized spacial score (nSPS) is 9.57. The van der Waals surface area contributed by atoms with Gasteiger partial charge in [0.1, 0.15) is 5.82 Å². The first-order valence-corrected chi connectivity index (χ1v) is 3.92. The van der Waals surface area contributed by atoms with Crippen molar-refractivity contribution in [3.8, 4) is 0 Å². The van der Waals surface area contributed by atoms with Crippen LogP contribution < -0.4 is 10.6 Å². The SMILES string of the molecule is CC(=O)N(C(=N)N)c1ccc(F)cc1. The second kappa shape index (κ2) is 3.87. The van der Waals surface area contributed by atoms with E-state index in [0.717, 1.165) is 4.90 Å². The maximum absolute atomic E-state index is 12.6. The number of nitrogens with one attached hydrogen (secondary N) is 1. The molecule has 74 valence electrons. The summed E-state index contributed by atoms with van der Waals surface area (Å²) in [5, 5.41) is 7.16. The van der Waals surface area contributed by atoms with Crippen molar-refractivity contribution in [3.05, 3.63) is 30.1 Å². The van der Waals surface area contributed by atoms with E-state index >= 15 is 0 Å². The quantitative estimate of drug-likeness (QED) is 0.519. The van der Waals surface area contributed by atoms with Gasteiger partial charge in [0.05, 0.1) is 5.69 Å². The molecule has 0 heterocycles. The van der Waals surface area contributed by atoms with E-state index in [1.54, 1.807) is 0 Å². The smallest absolute Gasteiger partial charge is 0.230 e. The Bertz CT molecular complexity index is 347. The zero-order chi connectivity index (χ0) is 10.7. The molecule has 0 fully saturated rings. The van der Waals surface area contributed by atoms with Gasteiger partial charge in [-0.2, -0.15) is 0 Å². The molecule has 1 rings (SSSR count). The molecule has 4 nitrogen and oxygen atoms in total. The number of amides is 1. The van der Waals surface area contributed by atoms with Gasteiger partial charge in [0.2, 0.25) is 5.91 Å². The fourth-order valence-corrected chi connectivity index (χ4v) is 1.08. The van der Waals surface area contributed by atoms with Gasteiger partial charge in [0, 0.05) is 6.92 Å². The highest BCUT2D eigenvalue weighted by Gasteiger charge is 2.13. The molecule has 5 heteroatoms. The summed E-state index contributed by atoms with van der Waals surface area (Å²) in [5.41, 5.74) is 5.58. The molecule has 0 unspecified atom stereocenters. The van der Waals surface area contributed by atoms with Gasteiger partial charge >= 0.3 is 0 Å². The van der Waals surface area contributed by atoms with E-state index < -0.39 is 5.82 Å². The van der Waals surface area contributed by atoms with Crippen LogP contribution in [-0.4, -0.2) is 11.9 Å². The Morgan fingerprint density at radius 3 is 2.29 bits per heavy atom. The fourth-order valence-electron chi connectivity index (χ4n) is 1.08. The molecule has 0 radical (unpaired) electrons. The molecule has 0 aliphatic heterocycles. The van der Waals surface area contributed by atoms with Gasteiger partial charge in [-0.25, -0.2) is 4.39 Å². The Labute approximate surface area is 80.6 Å². The highest BCUT2D eigenvalue weighted by atomic mass is 19.1. The summed E-state index contributed by atoms with van der Waals surface area (Å²) >= 11 is 0. The third-order valence-electron chi connectivity index (χ3n) is 1.64. The highest BCUT2D eigenvalue weighted by molar-refractivity contribution is 6.13. The van der Waals surface area contributed by atoms with Crippen LogP contribution >= 0.6 is 0 Å². The topological polar surface area (TPSA) is 70.2 Å². The largest absolute Gasteiger partial charge is 0.369 e. The van der Waals surface area contributed by atoms with E-state index in [1.165, 1.54) is 31.2 Å². The second-order valence-electron chi connectivity index (χ2n) is 2.72. The van der Waals surface area contributed by atoms with Crippen LogP contribution in [0.2, 0.25) is 0 Å². The summed E-state index contributed by atoms with van der Waals surface area (Å²) in [6.45, 7) is 1.28. The Balaban J connectivity index is 3.06. The number of rotatable bonds is 1. The molecule has 0 aromatic heterocycles. The number of carbonyl (C=O) groups excluding carboxylic acids is 1. The van der Waals surface area contributed by atoms with Crippen LogP contribution in [0.25, 0.3) is 0 Å². The molecule has 0 bridgehead atoms. The Kier molecular flexibility index (Phi) is 2.81. The van der Waals surface area contributed by atoms with E-state index in [0.29, 0.717) is 5.69 Å². The lowest BCUT2D eigenvalue weighted by Crippen LogP contribution is -2.39. The first-order valence-electron chi connectivity index (χ1n) is 3.92. The first kappa shape index (κ1) is 10.2. The minimum atomic E-state index is -0.402. The number of halogens is 1. The average molecular weight is 195 g/mol. The molecule has 0 aliphatic carbocycles. The van der Waals surface area contributed by atoms with Gasteiger partial charge in [-0.15, -0.1) is 0 Å². The predicted molar refractivity (Wildman–Crippen MR) is 51.5 cm³/mol. The molecule has 1 amide bonds. The van der Waals surface area contributed by atoms with Crippen LogP contribution in [0.1, 0.15) is 6.92 Å². The molecule has 0 aliphatic rings. The number of nitrogens with two attached hydrogens (primary N) is 1. The van der Waals surface area contributed by atoms with Gasteiger partial charge in [-0.05, 0) is 24.3 Å². The van der Waals surface area contributed by atoms with Gasteiger partial charge in [0.15, 0.2) is 5.96 Å².